The van der Waals surface area contributed by atoms with Crippen LogP contribution in [0.1, 0.15) is 36.1 Å². The topological polar surface area (TPSA) is 121 Å². The Bertz CT molecular complexity index is 1820. The van der Waals surface area contributed by atoms with Crippen molar-refractivity contribution in [3.05, 3.63) is 119 Å². The Morgan fingerprint density at radius 2 is 2.02 bits per heavy atom. The van der Waals surface area contributed by atoms with E-state index in [1.165, 1.54) is 0 Å². The van der Waals surface area contributed by atoms with Gasteiger partial charge in [-0.15, -0.1) is 0 Å². The second-order valence-electron chi connectivity index (χ2n) is 10.8. The fraction of sp³-hybridized carbons (Fsp3) is 0.229. The number of benzene rings is 2. The highest BCUT2D eigenvalue weighted by atomic mass is 16.5. The van der Waals surface area contributed by atoms with Crippen molar-refractivity contribution >= 4 is 35.3 Å². The summed E-state index contributed by atoms with van der Waals surface area (Å²) < 4.78 is 12.8. The van der Waals surface area contributed by atoms with Crippen molar-refractivity contribution in [2.24, 2.45) is 0 Å². The normalized spacial score (nSPS) is 17.2. The maximum Gasteiger partial charge on any atom is 0.374 e. The van der Waals surface area contributed by atoms with Crippen molar-refractivity contribution in [1.82, 2.24) is 4.98 Å². The van der Waals surface area contributed by atoms with Crippen molar-refractivity contribution in [3.63, 3.8) is 0 Å². The molecule has 0 radical (unpaired) electrons. The fourth-order valence-electron chi connectivity index (χ4n) is 5.73. The van der Waals surface area contributed by atoms with Crippen LogP contribution in [0.15, 0.2) is 101 Å². The van der Waals surface area contributed by atoms with Crippen LogP contribution in [0.25, 0.3) is 17.2 Å². The number of hydrogen-bond acceptors (Lipinski definition) is 7. The van der Waals surface area contributed by atoms with Gasteiger partial charge in [0.2, 0.25) is 5.58 Å². The largest absolute Gasteiger partial charge is 0.481 e. The molecule has 1 aliphatic heterocycles. The first-order valence-corrected chi connectivity index (χ1v) is 14.3. The number of hydrogen-bond donors (Lipinski definition) is 1. The van der Waals surface area contributed by atoms with E-state index in [2.05, 4.69) is 24.0 Å². The molecular formula is C35H33N4O5+. The van der Waals surface area contributed by atoms with E-state index >= 15 is 0 Å². The zero-order valence-corrected chi connectivity index (χ0v) is 24.6. The molecule has 0 saturated carbocycles. The number of fused-ring (bicyclic) bond motifs is 2. The van der Waals surface area contributed by atoms with Gasteiger partial charge < -0.3 is 19.2 Å². The van der Waals surface area contributed by atoms with Gasteiger partial charge in [-0.05, 0) is 61.9 Å². The number of aliphatic carboxylic acids is 1. The Kier molecular flexibility index (Phi) is 9.01. The second-order valence-corrected chi connectivity index (χ2v) is 10.8. The molecule has 5 rings (SSSR count). The number of carboxylic acids is 1. The van der Waals surface area contributed by atoms with Crippen molar-refractivity contribution < 1.29 is 28.4 Å². The molecule has 1 aliphatic rings. The summed E-state index contributed by atoms with van der Waals surface area (Å²) in [6.45, 7) is 5.42. The van der Waals surface area contributed by atoms with E-state index in [9.17, 15) is 20.0 Å². The highest BCUT2D eigenvalue weighted by Gasteiger charge is 2.43. The molecule has 3 heterocycles. The van der Waals surface area contributed by atoms with E-state index in [-0.39, 0.29) is 19.6 Å². The third kappa shape index (κ3) is 6.30. The molecule has 0 saturated heterocycles. The number of carbonyl (C=O) groups is 2. The molecule has 9 nitrogen and oxygen atoms in total. The predicted octanol–water partition coefficient (Wildman–Crippen LogP) is 5.44. The lowest BCUT2D eigenvalue weighted by Crippen LogP contribution is -2.37. The van der Waals surface area contributed by atoms with Gasteiger partial charge in [-0.3, -0.25) is 14.6 Å². The van der Waals surface area contributed by atoms with Crippen LogP contribution in [-0.2, 0) is 32.7 Å². The van der Waals surface area contributed by atoms with Crippen LogP contribution >= 0.6 is 0 Å². The Labute approximate surface area is 255 Å². The van der Waals surface area contributed by atoms with Crippen LogP contribution in [-0.4, -0.2) is 35.7 Å². The van der Waals surface area contributed by atoms with Gasteiger partial charge in [-0.25, -0.2) is 0 Å². The van der Waals surface area contributed by atoms with Crippen molar-refractivity contribution in [2.45, 2.75) is 38.6 Å². The predicted molar refractivity (Wildman–Crippen MR) is 165 cm³/mol. The molecule has 1 N–H and O–H groups in total. The lowest BCUT2D eigenvalue weighted by atomic mass is 9.77. The summed E-state index contributed by atoms with van der Waals surface area (Å²) >= 11 is 0. The molecule has 0 fully saturated rings. The number of carbonyl (C=O) groups excluding carboxylic acids is 1. The average Bonchev–Trinajstić information content (AvgIpc) is 3.48. The molecule has 0 bridgehead atoms. The zero-order chi connectivity index (χ0) is 31.1. The quantitative estimate of drug-likeness (QED) is 0.0763. The lowest BCUT2D eigenvalue weighted by Gasteiger charge is -2.30. The summed E-state index contributed by atoms with van der Waals surface area (Å²) in [5.74, 6) is -0.383. The van der Waals surface area contributed by atoms with Gasteiger partial charge in [0.15, 0.2) is 13.2 Å². The highest BCUT2D eigenvalue weighted by Crippen LogP contribution is 2.50. The van der Waals surface area contributed by atoms with Gasteiger partial charge in [0.1, 0.15) is 0 Å². The van der Waals surface area contributed by atoms with E-state index in [0.717, 1.165) is 33.7 Å². The summed E-state index contributed by atoms with van der Waals surface area (Å²) in [6, 6.07) is 21.8. The zero-order valence-electron chi connectivity index (χ0n) is 24.6. The van der Waals surface area contributed by atoms with Gasteiger partial charge in [0.05, 0.1) is 24.1 Å². The molecule has 4 aromatic rings. The number of para-hydroxylation sites is 2. The van der Waals surface area contributed by atoms with E-state index in [1.807, 2.05) is 77.1 Å². The molecule has 9 heteroatoms. The number of oxazole rings is 1. The summed E-state index contributed by atoms with van der Waals surface area (Å²) in [4.78, 5) is 29.0. The number of carboxylic acid groups (broad SMARTS) is 1. The smallest absolute Gasteiger partial charge is 0.374 e. The molecule has 0 aliphatic carbocycles. The molecule has 1 atom stereocenters. The molecule has 2 aromatic carbocycles. The third-order valence-corrected chi connectivity index (χ3v) is 7.80. The molecule has 0 amide bonds. The Morgan fingerprint density at radius 1 is 1.20 bits per heavy atom. The maximum absolute atomic E-state index is 11.6. The monoisotopic (exact) mass is 589 g/mol. The molecular weight excluding hydrogens is 556 g/mol. The van der Waals surface area contributed by atoms with Gasteiger partial charge in [-0.1, -0.05) is 35.9 Å². The highest BCUT2D eigenvalue weighted by molar-refractivity contribution is 5.74. The average molecular weight is 590 g/mol. The number of aryl methyl sites for hydroxylation is 1. The van der Waals surface area contributed by atoms with Crippen LogP contribution in [0, 0.1) is 18.3 Å². The second kappa shape index (κ2) is 13.2. The van der Waals surface area contributed by atoms with Crippen LogP contribution in [0.3, 0.4) is 0 Å². The standard InChI is InChI=1S/C35H32N4O5/c1-25-10-13-29-28(21-25)35(2,22-27-7-5-6-17-37-27)32(38(29)18-16-34(41)42)14-11-26(23-36)12-15-33-39(19-20-43-24-40)30-8-3-4-9-31(30)44-33/h3-15,17,21,24H,16,18-20,22H2,1-2H3/p+1. The minimum atomic E-state index is -0.884. The number of rotatable bonds is 12. The minimum Gasteiger partial charge on any atom is -0.481 e. The number of anilines is 1. The molecule has 1 unspecified atom stereocenters. The van der Waals surface area contributed by atoms with Crippen molar-refractivity contribution in [1.29, 1.82) is 5.26 Å². The molecule has 0 spiro atoms. The van der Waals surface area contributed by atoms with Crippen LogP contribution in [0.2, 0.25) is 0 Å². The van der Waals surface area contributed by atoms with Gasteiger partial charge >= 0.3 is 11.9 Å². The van der Waals surface area contributed by atoms with Gasteiger partial charge in [0.25, 0.3) is 12.0 Å². The number of ether oxygens (including phenoxy) is 1. The first-order chi connectivity index (χ1) is 21.3. The van der Waals surface area contributed by atoms with E-state index < -0.39 is 11.4 Å². The van der Waals surface area contributed by atoms with Gasteiger partial charge in [0, 0.05) is 47.7 Å². The van der Waals surface area contributed by atoms with E-state index in [1.54, 1.807) is 24.4 Å². The first-order valence-electron chi connectivity index (χ1n) is 14.3. The van der Waals surface area contributed by atoms with E-state index in [4.69, 9.17) is 9.15 Å². The summed E-state index contributed by atoms with van der Waals surface area (Å²) in [5, 5.41) is 19.6. The number of allylic oxidation sites excluding steroid dienone is 5. The maximum atomic E-state index is 11.6. The Hall–Kier alpha value is -5.49. The molecule has 44 heavy (non-hydrogen) atoms. The summed E-state index contributed by atoms with van der Waals surface area (Å²) in [7, 11) is 0. The van der Waals surface area contributed by atoms with Crippen LogP contribution in [0.5, 0.6) is 0 Å². The van der Waals surface area contributed by atoms with Gasteiger partial charge in [-0.2, -0.15) is 9.83 Å². The Balaban J connectivity index is 1.56. The van der Waals surface area contributed by atoms with Crippen molar-refractivity contribution in [2.75, 3.05) is 18.1 Å². The minimum absolute atomic E-state index is 0.0427. The van der Waals surface area contributed by atoms with E-state index in [0.29, 0.717) is 36.5 Å². The number of nitriles is 1. The summed E-state index contributed by atoms with van der Waals surface area (Å²) in [5.41, 5.74) is 6.28. The first kappa shape index (κ1) is 30.0. The molecule has 222 valence electrons. The number of nitrogens with zero attached hydrogens (tertiary/aromatic N) is 4. The summed E-state index contributed by atoms with van der Waals surface area (Å²) in [6.07, 6.45) is 9.37. The molecule has 2 aromatic heterocycles. The van der Waals surface area contributed by atoms with Crippen LogP contribution < -0.4 is 9.47 Å². The fourth-order valence-corrected chi connectivity index (χ4v) is 5.73. The van der Waals surface area contributed by atoms with Crippen LogP contribution in [0.4, 0.5) is 5.69 Å². The SMILES string of the molecule is Cc1ccc2c(c1)C(C)(Cc1ccccn1)C(=CC=C(C#N)C=Cc1oc3ccccc3[n+]1CCOC=O)N2CCC(=O)O. The lowest BCUT2D eigenvalue weighted by molar-refractivity contribution is -0.679. The Morgan fingerprint density at radius 3 is 2.77 bits per heavy atom. The number of pyridine rings is 1. The van der Waals surface area contributed by atoms with Crippen molar-refractivity contribution in [3.8, 4) is 6.07 Å². The third-order valence-electron chi connectivity index (χ3n) is 7.80. The number of aromatic nitrogens is 2.